The highest BCUT2D eigenvalue weighted by atomic mass is 19.1. The normalized spacial score (nSPS) is 16.8. The summed E-state index contributed by atoms with van der Waals surface area (Å²) in [6, 6.07) is 6.53. The molecule has 156 valence electrons. The quantitative estimate of drug-likeness (QED) is 0.648. The van der Waals surface area contributed by atoms with Crippen LogP contribution in [-0.2, 0) is 4.79 Å². The van der Waals surface area contributed by atoms with E-state index in [-0.39, 0.29) is 17.7 Å². The number of hydrogen-bond acceptors (Lipinski definition) is 5. The molecule has 1 fully saturated rings. The highest BCUT2D eigenvalue weighted by Crippen LogP contribution is 2.26. The summed E-state index contributed by atoms with van der Waals surface area (Å²) in [5.74, 6) is 0.954. The molecule has 1 atom stereocenters. The minimum absolute atomic E-state index is 0.103. The number of piperazine rings is 1. The van der Waals surface area contributed by atoms with E-state index >= 15 is 0 Å². The van der Waals surface area contributed by atoms with Gasteiger partial charge in [-0.15, -0.1) is 0 Å². The minimum atomic E-state index is -0.431. The summed E-state index contributed by atoms with van der Waals surface area (Å²) in [4.78, 5) is 25.0. The van der Waals surface area contributed by atoms with Gasteiger partial charge in [0.2, 0.25) is 11.8 Å². The average Bonchev–Trinajstić information content (AvgIpc) is 2.71. The number of unbranched alkanes of at least 4 members (excludes halogenated alkanes) is 2. The van der Waals surface area contributed by atoms with Gasteiger partial charge in [-0.1, -0.05) is 25.8 Å². The van der Waals surface area contributed by atoms with Crippen LogP contribution in [0.1, 0.15) is 45.1 Å². The molecular formula is C22H29FN4O2. The summed E-state index contributed by atoms with van der Waals surface area (Å²) in [5, 5.41) is 0. The third-order valence-electron chi connectivity index (χ3n) is 5.19. The highest BCUT2D eigenvalue weighted by molar-refractivity contribution is 5.76. The van der Waals surface area contributed by atoms with E-state index < -0.39 is 5.82 Å². The number of carbonyl (C=O) groups excluding carboxylic acids is 1. The molecule has 1 aliphatic heterocycles. The van der Waals surface area contributed by atoms with Gasteiger partial charge in [0.1, 0.15) is 12.1 Å². The first-order chi connectivity index (χ1) is 14.0. The maximum atomic E-state index is 14.0. The molecule has 2 aromatic rings. The Balaban J connectivity index is 1.64. The van der Waals surface area contributed by atoms with E-state index in [4.69, 9.17) is 4.74 Å². The van der Waals surface area contributed by atoms with Gasteiger partial charge < -0.3 is 14.5 Å². The van der Waals surface area contributed by atoms with Crippen LogP contribution >= 0.6 is 0 Å². The lowest BCUT2D eigenvalue weighted by atomic mass is 10.1. The summed E-state index contributed by atoms with van der Waals surface area (Å²) in [6.45, 7) is 8.12. The molecule has 1 amide bonds. The van der Waals surface area contributed by atoms with Crippen LogP contribution < -0.4 is 9.64 Å². The number of halogens is 1. The Kier molecular flexibility index (Phi) is 7.01. The van der Waals surface area contributed by atoms with Gasteiger partial charge in [-0.05, 0) is 38.0 Å². The second-order valence-electron chi connectivity index (χ2n) is 7.59. The Bertz CT molecular complexity index is 845. The van der Waals surface area contributed by atoms with Crippen molar-refractivity contribution < 1.29 is 13.9 Å². The SMILES string of the molecule is CCCCCC(=O)N1CCN(c2cc(Oc3cc(C)ccc3F)ncn2)C[C@H]1C. The average molecular weight is 400 g/mol. The molecule has 2 heterocycles. The van der Waals surface area contributed by atoms with Crippen molar-refractivity contribution in [1.82, 2.24) is 14.9 Å². The van der Waals surface area contributed by atoms with Crippen LogP contribution in [0.3, 0.4) is 0 Å². The molecule has 0 unspecified atom stereocenters. The third-order valence-corrected chi connectivity index (χ3v) is 5.19. The number of aromatic nitrogens is 2. The molecule has 3 rings (SSSR count). The number of hydrogen-bond donors (Lipinski definition) is 0. The number of anilines is 1. The molecule has 29 heavy (non-hydrogen) atoms. The van der Waals surface area contributed by atoms with Crippen LogP contribution in [0.2, 0.25) is 0 Å². The molecule has 0 spiro atoms. The first kappa shape index (κ1) is 21.0. The van der Waals surface area contributed by atoms with Gasteiger partial charge in [-0.3, -0.25) is 4.79 Å². The zero-order valence-electron chi connectivity index (χ0n) is 17.4. The van der Waals surface area contributed by atoms with Gasteiger partial charge in [0.25, 0.3) is 0 Å². The minimum Gasteiger partial charge on any atom is -0.436 e. The first-order valence-corrected chi connectivity index (χ1v) is 10.3. The van der Waals surface area contributed by atoms with Crippen LogP contribution in [0.5, 0.6) is 11.6 Å². The van der Waals surface area contributed by atoms with E-state index in [1.165, 1.54) is 12.4 Å². The zero-order chi connectivity index (χ0) is 20.8. The largest absolute Gasteiger partial charge is 0.436 e. The van der Waals surface area contributed by atoms with E-state index in [1.54, 1.807) is 18.2 Å². The summed E-state index contributed by atoms with van der Waals surface area (Å²) in [5.41, 5.74) is 0.907. The number of benzene rings is 1. The maximum absolute atomic E-state index is 14.0. The van der Waals surface area contributed by atoms with Crippen molar-refractivity contribution in [2.75, 3.05) is 24.5 Å². The number of carbonyl (C=O) groups is 1. The molecule has 7 heteroatoms. The Morgan fingerprint density at radius 3 is 2.83 bits per heavy atom. The lowest BCUT2D eigenvalue weighted by molar-refractivity contribution is -0.133. The van der Waals surface area contributed by atoms with E-state index in [0.717, 1.165) is 24.8 Å². The smallest absolute Gasteiger partial charge is 0.224 e. The number of ether oxygens (including phenoxy) is 1. The summed E-state index contributed by atoms with van der Waals surface area (Å²) in [7, 11) is 0. The molecule has 0 bridgehead atoms. The number of aryl methyl sites for hydroxylation is 1. The fraction of sp³-hybridized carbons (Fsp3) is 0.500. The van der Waals surface area contributed by atoms with Gasteiger partial charge in [-0.2, -0.15) is 0 Å². The second kappa shape index (κ2) is 9.67. The van der Waals surface area contributed by atoms with Gasteiger partial charge in [0.15, 0.2) is 11.6 Å². The van der Waals surface area contributed by atoms with Crippen LogP contribution in [0.25, 0.3) is 0 Å². The lowest BCUT2D eigenvalue weighted by Crippen LogP contribution is -2.54. The van der Waals surface area contributed by atoms with Crippen molar-refractivity contribution in [2.24, 2.45) is 0 Å². The standard InChI is InChI=1S/C22H29FN4O2/c1-4-5-6-7-22(28)27-11-10-26(14-17(27)3)20-13-21(25-15-24-20)29-19-12-16(2)8-9-18(19)23/h8-9,12-13,15,17H,4-7,10-11,14H2,1-3H3/t17-/m1/s1. The lowest BCUT2D eigenvalue weighted by Gasteiger charge is -2.40. The predicted octanol–water partition coefficient (Wildman–Crippen LogP) is 4.33. The highest BCUT2D eigenvalue weighted by Gasteiger charge is 2.28. The van der Waals surface area contributed by atoms with Crippen molar-refractivity contribution in [3.05, 3.63) is 42.0 Å². The zero-order valence-corrected chi connectivity index (χ0v) is 17.4. The topological polar surface area (TPSA) is 58.6 Å². The molecule has 0 radical (unpaired) electrons. The Morgan fingerprint density at radius 1 is 1.24 bits per heavy atom. The second-order valence-corrected chi connectivity index (χ2v) is 7.59. The van der Waals surface area contributed by atoms with Crippen molar-refractivity contribution in [1.29, 1.82) is 0 Å². The Hall–Kier alpha value is -2.70. The Labute approximate surface area is 171 Å². The monoisotopic (exact) mass is 400 g/mol. The molecule has 0 N–H and O–H groups in total. The van der Waals surface area contributed by atoms with E-state index in [2.05, 4.69) is 28.7 Å². The molecule has 1 aliphatic rings. The fourth-order valence-corrected chi connectivity index (χ4v) is 3.57. The molecule has 1 aromatic carbocycles. The van der Waals surface area contributed by atoms with Gasteiger partial charge in [0.05, 0.1) is 0 Å². The predicted molar refractivity (Wildman–Crippen MR) is 111 cm³/mol. The van der Waals surface area contributed by atoms with Crippen molar-refractivity contribution in [2.45, 2.75) is 52.5 Å². The third kappa shape index (κ3) is 5.43. The van der Waals surface area contributed by atoms with Crippen LogP contribution in [0.4, 0.5) is 10.2 Å². The first-order valence-electron chi connectivity index (χ1n) is 10.3. The van der Waals surface area contributed by atoms with Gasteiger partial charge in [-0.25, -0.2) is 14.4 Å². The van der Waals surface area contributed by atoms with Crippen LogP contribution in [0, 0.1) is 12.7 Å². The number of rotatable bonds is 7. The number of nitrogens with zero attached hydrogens (tertiary/aromatic N) is 4. The van der Waals surface area contributed by atoms with Crippen molar-refractivity contribution >= 4 is 11.7 Å². The van der Waals surface area contributed by atoms with E-state index in [9.17, 15) is 9.18 Å². The maximum Gasteiger partial charge on any atom is 0.224 e. The fourth-order valence-electron chi connectivity index (χ4n) is 3.57. The summed E-state index contributed by atoms with van der Waals surface area (Å²) < 4.78 is 19.6. The molecule has 1 saturated heterocycles. The van der Waals surface area contributed by atoms with E-state index in [0.29, 0.717) is 37.8 Å². The summed E-state index contributed by atoms with van der Waals surface area (Å²) in [6.07, 6.45) is 5.19. The van der Waals surface area contributed by atoms with E-state index in [1.807, 2.05) is 11.8 Å². The van der Waals surface area contributed by atoms with Crippen molar-refractivity contribution in [3.8, 4) is 11.6 Å². The van der Waals surface area contributed by atoms with Crippen LogP contribution in [0.15, 0.2) is 30.6 Å². The molecule has 0 saturated carbocycles. The number of amides is 1. The van der Waals surface area contributed by atoms with Gasteiger partial charge >= 0.3 is 0 Å². The molecule has 0 aliphatic carbocycles. The molecule has 1 aromatic heterocycles. The van der Waals surface area contributed by atoms with Crippen LogP contribution in [-0.4, -0.2) is 46.5 Å². The summed E-state index contributed by atoms with van der Waals surface area (Å²) >= 11 is 0. The van der Waals surface area contributed by atoms with Crippen molar-refractivity contribution in [3.63, 3.8) is 0 Å². The van der Waals surface area contributed by atoms with Gasteiger partial charge in [0, 0.05) is 38.2 Å². The molecule has 6 nitrogen and oxygen atoms in total. The molecular weight excluding hydrogens is 371 g/mol. The Morgan fingerprint density at radius 2 is 2.07 bits per heavy atom.